The Morgan fingerprint density at radius 2 is 1.71 bits per heavy atom. The van der Waals surface area contributed by atoms with Crippen LogP contribution < -0.4 is 5.73 Å². The van der Waals surface area contributed by atoms with Gasteiger partial charge in [0.2, 0.25) is 0 Å². The minimum Gasteiger partial charge on any atom is -0.399 e. The molecule has 0 aliphatic carbocycles. The molecule has 1 aromatic rings. The topological polar surface area (TPSA) is 26.0 Å². The molecule has 2 N–H and O–H groups in total. The van der Waals surface area contributed by atoms with Gasteiger partial charge in [-0.25, -0.2) is 0 Å². The summed E-state index contributed by atoms with van der Waals surface area (Å²) in [5.41, 5.74) is 5.94. The van der Waals surface area contributed by atoms with E-state index in [1.807, 2.05) is 0 Å². The van der Waals surface area contributed by atoms with E-state index in [4.69, 9.17) is 5.73 Å². The molecule has 14 heavy (non-hydrogen) atoms. The first-order valence-corrected chi connectivity index (χ1v) is 4.04. The van der Waals surface area contributed by atoms with Crippen molar-refractivity contribution in [3.8, 4) is 0 Å². The predicted molar refractivity (Wildman–Crippen MR) is 49.3 cm³/mol. The third-order valence-corrected chi connectivity index (χ3v) is 1.86. The van der Waals surface area contributed by atoms with Crippen LogP contribution in [0.4, 0.5) is 13.2 Å². The second-order valence-electron chi connectivity index (χ2n) is 2.82. The zero-order valence-corrected chi connectivity index (χ0v) is 7.60. The van der Waals surface area contributed by atoms with Gasteiger partial charge >= 0.3 is 6.18 Å². The summed E-state index contributed by atoms with van der Waals surface area (Å²) in [6, 6.07) is 4.76. The Morgan fingerprint density at radius 1 is 1.21 bits per heavy atom. The Kier molecular flexibility index (Phi) is 2.84. The minimum absolute atomic E-state index is 0.471. The van der Waals surface area contributed by atoms with Gasteiger partial charge in [-0.15, -0.1) is 0 Å². The Bertz CT molecular complexity index is 335. The zero-order valence-electron chi connectivity index (χ0n) is 7.60. The highest BCUT2D eigenvalue weighted by atomic mass is 19.4. The average Bonchev–Trinajstić information content (AvgIpc) is 2.15. The van der Waals surface area contributed by atoms with Crippen molar-refractivity contribution in [3.05, 3.63) is 41.5 Å². The molecule has 4 heteroatoms. The summed E-state index contributed by atoms with van der Waals surface area (Å²) in [7, 11) is 0. The van der Waals surface area contributed by atoms with Crippen molar-refractivity contribution in [2.24, 2.45) is 5.73 Å². The van der Waals surface area contributed by atoms with E-state index in [0.29, 0.717) is 11.3 Å². The number of hydrogen-bond acceptors (Lipinski definition) is 1. The molecule has 0 atom stereocenters. The number of benzene rings is 1. The van der Waals surface area contributed by atoms with E-state index >= 15 is 0 Å². The second kappa shape index (κ2) is 3.74. The average molecular weight is 201 g/mol. The Labute approximate surface area is 80.0 Å². The monoisotopic (exact) mass is 201 g/mol. The van der Waals surface area contributed by atoms with Gasteiger partial charge in [-0.2, -0.15) is 13.2 Å². The summed E-state index contributed by atoms with van der Waals surface area (Å²) in [6.45, 7) is 1.73. The Hall–Kier alpha value is -1.45. The third-order valence-electron chi connectivity index (χ3n) is 1.86. The van der Waals surface area contributed by atoms with Crippen LogP contribution >= 0.6 is 0 Å². The van der Waals surface area contributed by atoms with Crippen LogP contribution in [-0.2, 0) is 6.18 Å². The van der Waals surface area contributed by atoms with Gasteiger partial charge in [0.05, 0.1) is 5.56 Å². The second-order valence-corrected chi connectivity index (χ2v) is 2.82. The molecule has 1 rings (SSSR count). The maximum Gasteiger partial charge on any atom is 0.416 e. The first-order chi connectivity index (χ1) is 6.45. The molecule has 0 unspecified atom stereocenters. The molecule has 0 saturated heterocycles. The fourth-order valence-corrected chi connectivity index (χ4v) is 1.02. The molecule has 0 fully saturated rings. The van der Waals surface area contributed by atoms with Gasteiger partial charge in [-0.05, 0) is 24.6 Å². The van der Waals surface area contributed by atoms with Crippen molar-refractivity contribution in [1.29, 1.82) is 0 Å². The molecule has 0 aliphatic heterocycles. The van der Waals surface area contributed by atoms with Crippen molar-refractivity contribution >= 4 is 5.70 Å². The molecule has 0 bridgehead atoms. The third kappa shape index (κ3) is 2.28. The molecule has 0 aromatic heterocycles. The van der Waals surface area contributed by atoms with Crippen LogP contribution in [0.3, 0.4) is 0 Å². The molecule has 0 amide bonds. The normalized spacial score (nSPS) is 13.0. The number of rotatable bonds is 1. The van der Waals surface area contributed by atoms with Gasteiger partial charge in [-0.1, -0.05) is 18.2 Å². The first-order valence-electron chi connectivity index (χ1n) is 4.04. The minimum atomic E-state index is -4.29. The highest BCUT2D eigenvalue weighted by Crippen LogP contribution is 2.29. The first kappa shape index (κ1) is 10.6. The van der Waals surface area contributed by atoms with Crippen LogP contribution in [-0.4, -0.2) is 0 Å². The molecule has 0 radical (unpaired) electrons. The maximum atomic E-state index is 12.2. The van der Waals surface area contributed by atoms with E-state index in [1.54, 1.807) is 13.0 Å². The number of hydrogen-bond donors (Lipinski definition) is 1. The summed E-state index contributed by atoms with van der Waals surface area (Å²) in [5.74, 6) is 0. The summed E-state index contributed by atoms with van der Waals surface area (Å²) < 4.78 is 36.5. The van der Waals surface area contributed by atoms with Gasteiger partial charge in [0.1, 0.15) is 0 Å². The highest BCUT2D eigenvalue weighted by Gasteiger charge is 2.29. The van der Waals surface area contributed by atoms with Gasteiger partial charge < -0.3 is 5.73 Å². The van der Waals surface area contributed by atoms with E-state index in [2.05, 4.69) is 0 Å². The molecule has 0 spiro atoms. The highest BCUT2D eigenvalue weighted by molar-refractivity contribution is 5.62. The summed E-state index contributed by atoms with van der Waals surface area (Å²) in [4.78, 5) is 0. The van der Waals surface area contributed by atoms with E-state index in [-0.39, 0.29) is 0 Å². The molecule has 0 saturated carbocycles. The lowest BCUT2D eigenvalue weighted by molar-refractivity contribution is -0.137. The standard InChI is InChI=1S/C10H10F3N/c1-2-9(14)7-3-5-8(6-4-7)10(11,12)13/h2-6H,14H2,1H3. The van der Waals surface area contributed by atoms with Crippen molar-refractivity contribution in [2.45, 2.75) is 13.1 Å². The zero-order chi connectivity index (χ0) is 10.8. The lowest BCUT2D eigenvalue weighted by atomic mass is 10.1. The number of alkyl halides is 3. The van der Waals surface area contributed by atoms with Gasteiger partial charge in [0.25, 0.3) is 0 Å². The van der Waals surface area contributed by atoms with Crippen LogP contribution in [0.1, 0.15) is 18.1 Å². The van der Waals surface area contributed by atoms with Crippen LogP contribution in [0.25, 0.3) is 5.70 Å². The van der Waals surface area contributed by atoms with Crippen molar-refractivity contribution in [2.75, 3.05) is 0 Å². The lowest BCUT2D eigenvalue weighted by Crippen LogP contribution is -2.05. The molecule has 0 aliphatic rings. The Balaban J connectivity index is 3.01. The molecule has 1 aromatic carbocycles. The molecule has 1 nitrogen and oxygen atoms in total. The molecule has 0 heterocycles. The molecule has 76 valence electrons. The SMILES string of the molecule is CC=C(N)c1ccc(C(F)(F)F)cc1. The fraction of sp³-hybridized carbons (Fsp3) is 0.200. The van der Waals surface area contributed by atoms with E-state index in [0.717, 1.165) is 12.1 Å². The molecular weight excluding hydrogens is 191 g/mol. The van der Waals surface area contributed by atoms with Crippen molar-refractivity contribution in [1.82, 2.24) is 0 Å². The predicted octanol–water partition coefficient (Wildman–Crippen LogP) is 3.02. The number of nitrogens with two attached hydrogens (primary N) is 1. The molecular formula is C10H10F3N. The fourth-order valence-electron chi connectivity index (χ4n) is 1.02. The van der Waals surface area contributed by atoms with Gasteiger partial charge in [0, 0.05) is 5.70 Å². The van der Waals surface area contributed by atoms with Crippen molar-refractivity contribution < 1.29 is 13.2 Å². The van der Waals surface area contributed by atoms with Crippen LogP contribution in [0.2, 0.25) is 0 Å². The van der Waals surface area contributed by atoms with Gasteiger partial charge in [0.15, 0.2) is 0 Å². The van der Waals surface area contributed by atoms with Crippen LogP contribution in [0, 0.1) is 0 Å². The van der Waals surface area contributed by atoms with E-state index < -0.39 is 11.7 Å². The summed E-state index contributed by atoms with van der Waals surface area (Å²) in [5, 5.41) is 0. The van der Waals surface area contributed by atoms with E-state index in [9.17, 15) is 13.2 Å². The summed E-state index contributed by atoms with van der Waals surface area (Å²) in [6.07, 6.45) is -2.65. The maximum absolute atomic E-state index is 12.2. The number of allylic oxidation sites excluding steroid dienone is 1. The van der Waals surface area contributed by atoms with Crippen molar-refractivity contribution in [3.63, 3.8) is 0 Å². The van der Waals surface area contributed by atoms with Gasteiger partial charge in [-0.3, -0.25) is 0 Å². The van der Waals surface area contributed by atoms with E-state index in [1.165, 1.54) is 12.1 Å². The van der Waals surface area contributed by atoms with Crippen LogP contribution in [0.15, 0.2) is 30.3 Å². The smallest absolute Gasteiger partial charge is 0.399 e. The number of halogens is 3. The quantitative estimate of drug-likeness (QED) is 0.742. The Morgan fingerprint density at radius 3 is 2.07 bits per heavy atom. The van der Waals surface area contributed by atoms with Crippen LogP contribution in [0.5, 0.6) is 0 Å². The largest absolute Gasteiger partial charge is 0.416 e. The summed E-state index contributed by atoms with van der Waals surface area (Å²) >= 11 is 0. The lowest BCUT2D eigenvalue weighted by Gasteiger charge is -2.07.